The molecule has 15 heavy (non-hydrogen) atoms. The maximum atomic E-state index is 12.0. The Kier molecular flexibility index (Phi) is 4.39. The minimum Gasteiger partial charge on any atom is -0.324 e. The van der Waals surface area contributed by atoms with Gasteiger partial charge >= 0.3 is 6.18 Å². The fraction of sp³-hybridized carbons (Fsp3) is 0.400. The molecule has 5 heteroatoms. The highest BCUT2D eigenvalue weighted by Gasteiger charge is 2.27. The lowest BCUT2D eigenvalue weighted by molar-refractivity contribution is -0.136. The van der Waals surface area contributed by atoms with Crippen LogP contribution < -0.4 is 5.73 Å². The maximum absolute atomic E-state index is 12.0. The molecule has 1 aromatic rings. The molecule has 0 heterocycles. The van der Waals surface area contributed by atoms with Gasteiger partial charge in [-0.3, -0.25) is 0 Å². The van der Waals surface area contributed by atoms with Crippen LogP contribution in [0.15, 0.2) is 24.3 Å². The Bertz CT molecular complexity index is 325. The molecule has 0 saturated carbocycles. The van der Waals surface area contributed by atoms with Gasteiger partial charge in [-0.2, -0.15) is 13.2 Å². The van der Waals surface area contributed by atoms with Crippen LogP contribution in [-0.4, -0.2) is 6.18 Å². The maximum Gasteiger partial charge on any atom is 0.389 e. The van der Waals surface area contributed by atoms with Crippen molar-refractivity contribution in [1.82, 2.24) is 0 Å². The summed E-state index contributed by atoms with van der Waals surface area (Å²) < 4.78 is 36.8. The fourth-order valence-corrected chi connectivity index (χ4v) is 1.79. The summed E-state index contributed by atoms with van der Waals surface area (Å²) >= 11 is 2.11. The summed E-state index contributed by atoms with van der Waals surface area (Å²) in [7, 11) is 0. The highest BCUT2D eigenvalue weighted by molar-refractivity contribution is 14.1. The Hall–Kier alpha value is -0.300. The van der Waals surface area contributed by atoms with Gasteiger partial charge in [0.25, 0.3) is 0 Å². The Morgan fingerprint density at radius 1 is 1.33 bits per heavy atom. The third-order valence-electron chi connectivity index (χ3n) is 2.02. The summed E-state index contributed by atoms with van der Waals surface area (Å²) in [4.78, 5) is 0. The number of hydrogen-bond donors (Lipinski definition) is 1. The van der Waals surface area contributed by atoms with Gasteiger partial charge in [0.15, 0.2) is 0 Å². The van der Waals surface area contributed by atoms with Crippen molar-refractivity contribution in [2.45, 2.75) is 25.1 Å². The van der Waals surface area contributed by atoms with Gasteiger partial charge in [0, 0.05) is 16.0 Å². The van der Waals surface area contributed by atoms with Crippen molar-refractivity contribution in [3.05, 3.63) is 33.4 Å². The van der Waals surface area contributed by atoms with Crippen LogP contribution in [0.2, 0.25) is 0 Å². The van der Waals surface area contributed by atoms with E-state index < -0.39 is 18.6 Å². The predicted octanol–water partition coefficient (Wildman–Crippen LogP) is 3.63. The first-order valence-corrected chi connectivity index (χ1v) is 5.54. The molecule has 0 bridgehead atoms. The first-order chi connectivity index (χ1) is 6.88. The summed E-state index contributed by atoms with van der Waals surface area (Å²) in [6.07, 6.45) is -5.03. The summed E-state index contributed by atoms with van der Waals surface area (Å²) in [6, 6.07) is 6.69. The highest BCUT2D eigenvalue weighted by Crippen LogP contribution is 2.26. The van der Waals surface area contributed by atoms with E-state index in [9.17, 15) is 13.2 Å². The Balaban J connectivity index is 2.58. The van der Waals surface area contributed by atoms with E-state index in [2.05, 4.69) is 22.6 Å². The van der Waals surface area contributed by atoms with Crippen LogP contribution in [0.5, 0.6) is 0 Å². The van der Waals surface area contributed by atoms with E-state index in [4.69, 9.17) is 5.73 Å². The molecule has 1 nitrogen and oxygen atoms in total. The van der Waals surface area contributed by atoms with Crippen LogP contribution in [0.3, 0.4) is 0 Å². The normalized spacial score (nSPS) is 13.9. The SMILES string of the molecule is NC(CCC(F)(F)F)c1cccc(I)c1. The van der Waals surface area contributed by atoms with Crippen molar-refractivity contribution >= 4 is 22.6 Å². The van der Waals surface area contributed by atoms with Gasteiger partial charge in [0.05, 0.1) is 0 Å². The molecule has 0 aliphatic carbocycles. The Morgan fingerprint density at radius 2 is 2.00 bits per heavy atom. The third kappa shape index (κ3) is 4.83. The van der Waals surface area contributed by atoms with Crippen LogP contribution in [0.25, 0.3) is 0 Å². The first kappa shape index (κ1) is 12.8. The van der Waals surface area contributed by atoms with Crippen molar-refractivity contribution in [1.29, 1.82) is 0 Å². The van der Waals surface area contributed by atoms with E-state index in [1.807, 2.05) is 12.1 Å². The van der Waals surface area contributed by atoms with Gasteiger partial charge in [-0.15, -0.1) is 0 Å². The van der Waals surface area contributed by atoms with E-state index in [1.54, 1.807) is 12.1 Å². The van der Waals surface area contributed by atoms with Crippen LogP contribution in [0.4, 0.5) is 13.2 Å². The molecule has 0 saturated heterocycles. The largest absolute Gasteiger partial charge is 0.389 e. The Morgan fingerprint density at radius 3 is 2.53 bits per heavy atom. The van der Waals surface area contributed by atoms with Crippen LogP contribution in [0, 0.1) is 3.57 Å². The van der Waals surface area contributed by atoms with E-state index >= 15 is 0 Å². The summed E-state index contributed by atoms with van der Waals surface area (Å²) in [6.45, 7) is 0. The molecule has 0 amide bonds. The minimum absolute atomic E-state index is 0.0659. The first-order valence-electron chi connectivity index (χ1n) is 4.46. The van der Waals surface area contributed by atoms with Crippen molar-refractivity contribution in [3.8, 4) is 0 Å². The Labute approximate surface area is 100.0 Å². The van der Waals surface area contributed by atoms with E-state index in [1.165, 1.54) is 0 Å². The van der Waals surface area contributed by atoms with E-state index in [-0.39, 0.29) is 6.42 Å². The van der Waals surface area contributed by atoms with E-state index in [0.717, 1.165) is 9.13 Å². The summed E-state index contributed by atoms with van der Waals surface area (Å²) in [5, 5.41) is 0. The minimum atomic E-state index is -4.13. The molecule has 2 N–H and O–H groups in total. The predicted molar refractivity (Wildman–Crippen MR) is 61.4 cm³/mol. The molecule has 1 aromatic carbocycles. The topological polar surface area (TPSA) is 26.0 Å². The number of nitrogens with two attached hydrogens (primary N) is 1. The number of alkyl halides is 3. The van der Waals surface area contributed by atoms with Crippen molar-refractivity contribution in [2.75, 3.05) is 0 Å². The third-order valence-corrected chi connectivity index (χ3v) is 2.69. The van der Waals surface area contributed by atoms with Crippen molar-refractivity contribution < 1.29 is 13.2 Å². The average Bonchev–Trinajstić information content (AvgIpc) is 2.13. The highest BCUT2D eigenvalue weighted by atomic mass is 127. The van der Waals surface area contributed by atoms with Crippen molar-refractivity contribution in [3.63, 3.8) is 0 Å². The van der Waals surface area contributed by atoms with Crippen LogP contribution >= 0.6 is 22.6 Å². The van der Waals surface area contributed by atoms with Crippen LogP contribution in [0.1, 0.15) is 24.4 Å². The average molecular weight is 329 g/mol. The van der Waals surface area contributed by atoms with Gasteiger partial charge in [-0.1, -0.05) is 12.1 Å². The van der Waals surface area contributed by atoms with Gasteiger partial charge in [-0.05, 0) is 46.7 Å². The lowest BCUT2D eigenvalue weighted by Gasteiger charge is -2.13. The number of halogens is 4. The van der Waals surface area contributed by atoms with Gasteiger partial charge in [-0.25, -0.2) is 0 Å². The molecule has 84 valence electrons. The summed E-state index contributed by atoms with van der Waals surface area (Å²) in [5.74, 6) is 0. The second-order valence-electron chi connectivity index (χ2n) is 3.32. The molecule has 0 radical (unpaired) electrons. The molecule has 0 aliphatic rings. The zero-order chi connectivity index (χ0) is 11.5. The monoisotopic (exact) mass is 329 g/mol. The second kappa shape index (κ2) is 5.16. The smallest absolute Gasteiger partial charge is 0.324 e. The van der Waals surface area contributed by atoms with Crippen molar-refractivity contribution in [2.24, 2.45) is 5.73 Å². The van der Waals surface area contributed by atoms with Gasteiger partial charge in [0.1, 0.15) is 0 Å². The molecule has 1 atom stereocenters. The molecule has 1 unspecified atom stereocenters. The summed E-state index contributed by atoms with van der Waals surface area (Å²) in [5.41, 5.74) is 6.42. The molecule has 1 rings (SSSR count). The fourth-order valence-electron chi connectivity index (χ4n) is 1.22. The second-order valence-corrected chi connectivity index (χ2v) is 4.56. The molecule has 0 aliphatic heterocycles. The molecule has 0 fully saturated rings. The lowest BCUT2D eigenvalue weighted by atomic mass is 10.0. The van der Waals surface area contributed by atoms with E-state index in [0.29, 0.717) is 0 Å². The molecular weight excluding hydrogens is 318 g/mol. The quantitative estimate of drug-likeness (QED) is 0.842. The zero-order valence-electron chi connectivity index (χ0n) is 7.89. The zero-order valence-corrected chi connectivity index (χ0v) is 10.0. The number of benzene rings is 1. The van der Waals surface area contributed by atoms with Gasteiger partial charge in [0.2, 0.25) is 0 Å². The van der Waals surface area contributed by atoms with Crippen LogP contribution in [-0.2, 0) is 0 Å². The molecular formula is C10H11F3IN. The number of rotatable bonds is 3. The molecule has 0 aromatic heterocycles. The molecule has 0 spiro atoms. The standard InChI is InChI=1S/C10H11F3IN/c11-10(12,13)5-4-9(15)7-2-1-3-8(14)6-7/h1-3,6,9H,4-5,15H2. The van der Waals surface area contributed by atoms with Gasteiger partial charge < -0.3 is 5.73 Å². The number of hydrogen-bond acceptors (Lipinski definition) is 1. The lowest BCUT2D eigenvalue weighted by Crippen LogP contribution is -2.15.